The van der Waals surface area contributed by atoms with Crippen LogP contribution in [0.2, 0.25) is 0 Å². The summed E-state index contributed by atoms with van der Waals surface area (Å²) >= 11 is 1.72. The van der Waals surface area contributed by atoms with E-state index in [1.54, 1.807) is 17.8 Å². The van der Waals surface area contributed by atoms with Gasteiger partial charge in [0.25, 0.3) is 5.56 Å². The fraction of sp³-hybridized carbons (Fsp3) is 0.0476. The highest BCUT2D eigenvalue weighted by molar-refractivity contribution is 7.98. The third-order valence-electron chi connectivity index (χ3n) is 4.20. The van der Waals surface area contributed by atoms with Crippen molar-refractivity contribution < 1.29 is 0 Å². The zero-order valence-corrected chi connectivity index (χ0v) is 14.5. The van der Waals surface area contributed by atoms with E-state index in [4.69, 9.17) is 0 Å². The summed E-state index contributed by atoms with van der Waals surface area (Å²) in [6.45, 7) is 0. The second kappa shape index (κ2) is 6.57. The second-order valence-corrected chi connectivity index (χ2v) is 6.59. The summed E-state index contributed by atoms with van der Waals surface area (Å²) in [5, 5.41) is 0.605. The minimum absolute atomic E-state index is 0.117. The van der Waals surface area contributed by atoms with E-state index < -0.39 is 0 Å². The van der Waals surface area contributed by atoms with Gasteiger partial charge in [-0.05, 0) is 41.6 Å². The number of rotatable bonds is 3. The van der Waals surface area contributed by atoms with E-state index in [0.717, 1.165) is 16.7 Å². The van der Waals surface area contributed by atoms with Gasteiger partial charge in [0.2, 0.25) is 0 Å². The molecular weight excluding hydrogens is 328 g/mol. The van der Waals surface area contributed by atoms with Gasteiger partial charge in [-0.3, -0.25) is 4.79 Å². The lowest BCUT2D eigenvalue weighted by Gasteiger charge is -2.10. The van der Waals surface area contributed by atoms with Gasteiger partial charge in [0.15, 0.2) is 0 Å². The van der Waals surface area contributed by atoms with Gasteiger partial charge in [0, 0.05) is 10.5 Å². The molecule has 25 heavy (non-hydrogen) atoms. The van der Waals surface area contributed by atoms with E-state index in [9.17, 15) is 4.79 Å². The molecule has 0 spiro atoms. The molecule has 3 nitrogen and oxygen atoms in total. The molecule has 4 aromatic rings. The molecule has 122 valence electrons. The van der Waals surface area contributed by atoms with Crippen LogP contribution in [0.15, 0.2) is 82.5 Å². The summed E-state index contributed by atoms with van der Waals surface area (Å²) in [4.78, 5) is 21.2. The molecule has 1 N–H and O–H groups in total. The Kier molecular flexibility index (Phi) is 4.12. The summed E-state index contributed by atoms with van der Waals surface area (Å²) in [7, 11) is 0. The van der Waals surface area contributed by atoms with Crippen molar-refractivity contribution in [2.24, 2.45) is 0 Å². The van der Waals surface area contributed by atoms with Crippen LogP contribution in [0, 0.1) is 0 Å². The number of benzene rings is 3. The predicted molar refractivity (Wildman–Crippen MR) is 105 cm³/mol. The number of aromatic nitrogens is 2. The second-order valence-electron chi connectivity index (χ2n) is 5.71. The molecule has 0 fully saturated rings. The molecule has 0 saturated carbocycles. The topological polar surface area (TPSA) is 45.8 Å². The van der Waals surface area contributed by atoms with Gasteiger partial charge >= 0.3 is 0 Å². The van der Waals surface area contributed by atoms with Crippen molar-refractivity contribution in [3.8, 4) is 22.5 Å². The molecule has 0 atom stereocenters. The third-order valence-corrected chi connectivity index (χ3v) is 4.94. The maximum atomic E-state index is 12.4. The molecule has 1 heterocycles. The number of H-pyrrole nitrogens is 1. The van der Waals surface area contributed by atoms with Crippen molar-refractivity contribution in [2.45, 2.75) is 4.90 Å². The van der Waals surface area contributed by atoms with Crippen molar-refractivity contribution in [3.63, 3.8) is 0 Å². The molecule has 0 radical (unpaired) electrons. The monoisotopic (exact) mass is 344 g/mol. The Morgan fingerprint density at radius 1 is 0.840 bits per heavy atom. The van der Waals surface area contributed by atoms with E-state index in [0.29, 0.717) is 16.7 Å². The number of thioether (sulfide) groups is 1. The summed E-state index contributed by atoms with van der Waals surface area (Å²) in [5.41, 5.74) is 3.65. The number of fused-ring (bicyclic) bond motifs is 1. The standard InChI is InChI=1S/C21H16N2OS/c1-25-15-12-10-14(11-13-15)16-6-2-3-7-17(16)20-22-19-9-5-4-8-18(19)21(24)23-20/h2-13H,1H3,(H,22,23,24). The van der Waals surface area contributed by atoms with Crippen molar-refractivity contribution >= 4 is 22.7 Å². The van der Waals surface area contributed by atoms with Crippen LogP contribution in [-0.2, 0) is 0 Å². The highest BCUT2D eigenvalue weighted by Crippen LogP contribution is 2.31. The largest absolute Gasteiger partial charge is 0.306 e. The van der Waals surface area contributed by atoms with E-state index in [2.05, 4.69) is 46.6 Å². The Labute approximate surface area is 149 Å². The van der Waals surface area contributed by atoms with Crippen molar-refractivity contribution in [1.82, 2.24) is 9.97 Å². The minimum Gasteiger partial charge on any atom is -0.306 e. The summed E-state index contributed by atoms with van der Waals surface area (Å²) in [6.07, 6.45) is 2.06. The fourth-order valence-corrected chi connectivity index (χ4v) is 3.33. The summed E-state index contributed by atoms with van der Waals surface area (Å²) < 4.78 is 0. The van der Waals surface area contributed by atoms with Crippen molar-refractivity contribution in [2.75, 3.05) is 6.26 Å². The Bertz CT molecular complexity index is 1100. The highest BCUT2D eigenvalue weighted by atomic mass is 32.2. The first kappa shape index (κ1) is 15.7. The Morgan fingerprint density at radius 3 is 2.28 bits per heavy atom. The quantitative estimate of drug-likeness (QED) is 0.533. The lowest BCUT2D eigenvalue weighted by atomic mass is 9.99. The average Bonchev–Trinajstić information content (AvgIpc) is 2.68. The smallest absolute Gasteiger partial charge is 0.259 e. The van der Waals surface area contributed by atoms with Gasteiger partial charge in [-0.2, -0.15) is 0 Å². The summed E-state index contributed by atoms with van der Waals surface area (Å²) in [5.74, 6) is 0.591. The van der Waals surface area contributed by atoms with E-state index in [1.807, 2.05) is 36.4 Å². The molecule has 0 aliphatic rings. The molecule has 0 unspecified atom stereocenters. The van der Waals surface area contributed by atoms with Crippen LogP contribution in [0.25, 0.3) is 33.4 Å². The van der Waals surface area contributed by atoms with Crippen LogP contribution in [0.3, 0.4) is 0 Å². The van der Waals surface area contributed by atoms with Gasteiger partial charge in [0.1, 0.15) is 5.82 Å². The van der Waals surface area contributed by atoms with Gasteiger partial charge in [-0.15, -0.1) is 11.8 Å². The number of nitrogens with zero attached hydrogens (tertiary/aromatic N) is 1. The number of hydrogen-bond donors (Lipinski definition) is 1. The maximum Gasteiger partial charge on any atom is 0.259 e. The van der Waals surface area contributed by atoms with Crippen molar-refractivity contribution in [1.29, 1.82) is 0 Å². The van der Waals surface area contributed by atoms with Gasteiger partial charge in [-0.25, -0.2) is 4.98 Å². The van der Waals surface area contributed by atoms with Gasteiger partial charge in [-0.1, -0.05) is 48.5 Å². The zero-order chi connectivity index (χ0) is 17.2. The zero-order valence-electron chi connectivity index (χ0n) is 13.7. The predicted octanol–water partition coefficient (Wildman–Crippen LogP) is 4.98. The number of para-hydroxylation sites is 1. The molecule has 3 aromatic carbocycles. The Hall–Kier alpha value is -2.85. The lowest BCUT2D eigenvalue weighted by molar-refractivity contribution is 1.18. The maximum absolute atomic E-state index is 12.4. The Balaban J connectivity index is 1.90. The summed E-state index contributed by atoms with van der Waals surface area (Å²) in [6, 6.07) is 23.8. The normalized spacial score (nSPS) is 10.9. The third kappa shape index (κ3) is 2.96. The molecule has 0 saturated heterocycles. The van der Waals surface area contributed by atoms with Gasteiger partial charge < -0.3 is 4.98 Å². The van der Waals surface area contributed by atoms with E-state index in [1.165, 1.54) is 4.90 Å². The molecule has 0 aliphatic heterocycles. The van der Waals surface area contributed by atoms with Gasteiger partial charge in [0.05, 0.1) is 10.9 Å². The molecule has 0 aliphatic carbocycles. The lowest BCUT2D eigenvalue weighted by Crippen LogP contribution is -2.09. The van der Waals surface area contributed by atoms with Crippen LogP contribution >= 0.6 is 11.8 Å². The number of aromatic amines is 1. The number of nitrogens with one attached hydrogen (secondary N) is 1. The van der Waals surface area contributed by atoms with Crippen LogP contribution in [0.1, 0.15) is 0 Å². The van der Waals surface area contributed by atoms with Crippen LogP contribution in [0.4, 0.5) is 0 Å². The first-order valence-corrected chi connectivity index (χ1v) is 9.21. The molecule has 4 heteroatoms. The molecule has 1 aromatic heterocycles. The molecular formula is C21H16N2OS. The van der Waals surface area contributed by atoms with Crippen LogP contribution in [0.5, 0.6) is 0 Å². The first-order valence-electron chi connectivity index (χ1n) is 7.99. The van der Waals surface area contributed by atoms with E-state index >= 15 is 0 Å². The highest BCUT2D eigenvalue weighted by Gasteiger charge is 2.11. The van der Waals surface area contributed by atoms with E-state index in [-0.39, 0.29) is 5.56 Å². The van der Waals surface area contributed by atoms with Crippen molar-refractivity contribution in [3.05, 3.63) is 83.2 Å². The molecule has 4 rings (SSSR count). The Morgan fingerprint density at radius 2 is 1.52 bits per heavy atom. The fourth-order valence-electron chi connectivity index (χ4n) is 2.93. The average molecular weight is 344 g/mol. The SMILES string of the molecule is CSc1ccc(-c2ccccc2-c2nc3ccccc3c(=O)[nH]2)cc1. The molecule has 0 amide bonds. The van der Waals surface area contributed by atoms with Crippen LogP contribution < -0.4 is 5.56 Å². The number of hydrogen-bond acceptors (Lipinski definition) is 3. The molecule has 0 bridgehead atoms. The van der Waals surface area contributed by atoms with Crippen LogP contribution in [-0.4, -0.2) is 16.2 Å². The first-order chi connectivity index (χ1) is 12.3. The minimum atomic E-state index is -0.117.